The fourth-order valence-electron chi connectivity index (χ4n) is 3.22. The number of hydrogen-bond donors (Lipinski definition) is 1. The smallest absolute Gasteiger partial charge is 0.265 e. The molecule has 1 amide bonds. The Morgan fingerprint density at radius 3 is 2.52 bits per heavy atom. The number of hydrogen-bond acceptors (Lipinski definition) is 4. The van der Waals surface area contributed by atoms with Crippen molar-refractivity contribution in [3.63, 3.8) is 0 Å². The predicted molar refractivity (Wildman–Crippen MR) is 108 cm³/mol. The molecule has 5 heteroatoms. The number of anilines is 2. The number of Topliss-reactive ketones (excluding diaryl/α,β-unsaturated/α-hetero) is 1. The van der Waals surface area contributed by atoms with Crippen LogP contribution in [0.5, 0.6) is 5.75 Å². The molecule has 1 heterocycles. The van der Waals surface area contributed by atoms with E-state index >= 15 is 0 Å². The molecule has 1 fully saturated rings. The number of rotatable bonds is 6. The van der Waals surface area contributed by atoms with Crippen LogP contribution in [0.4, 0.5) is 11.4 Å². The van der Waals surface area contributed by atoms with E-state index in [9.17, 15) is 9.59 Å². The van der Waals surface area contributed by atoms with Gasteiger partial charge >= 0.3 is 0 Å². The second kappa shape index (κ2) is 8.71. The molecule has 0 bridgehead atoms. The van der Waals surface area contributed by atoms with E-state index in [1.54, 1.807) is 31.2 Å². The number of ketones is 1. The zero-order chi connectivity index (χ0) is 19.2. The summed E-state index contributed by atoms with van der Waals surface area (Å²) < 4.78 is 5.71. The number of carbonyl (C=O) groups excluding carboxylic acids is 2. The first kappa shape index (κ1) is 19.0. The minimum atomic E-state index is -0.675. The number of amides is 1. The summed E-state index contributed by atoms with van der Waals surface area (Å²) in [5, 5.41) is 2.92. The molecule has 1 N–H and O–H groups in total. The molecule has 5 nitrogen and oxygen atoms in total. The second-order valence-corrected chi connectivity index (χ2v) is 6.93. The Bertz CT molecular complexity index is 813. The van der Waals surface area contributed by atoms with Crippen LogP contribution in [0.25, 0.3) is 0 Å². The Balaban J connectivity index is 1.62. The van der Waals surface area contributed by atoms with Crippen LogP contribution in [0, 0.1) is 0 Å². The van der Waals surface area contributed by atoms with Crippen molar-refractivity contribution >= 4 is 23.1 Å². The van der Waals surface area contributed by atoms with E-state index in [1.807, 2.05) is 18.2 Å². The van der Waals surface area contributed by atoms with Gasteiger partial charge in [0.1, 0.15) is 5.75 Å². The van der Waals surface area contributed by atoms with Gasteiger partial charge in [-0.05, 0) is 63.4 Å². The van der Waals surface area contributed by atoms with Crippen molar-refractivity contribution in [2.24, 2.45) is 0 Å². The fraction of sp³-hybridized carbons (Fsp3) is 0.364. The van der Waals surface area contributed by atoms with Gasteiger partial charge in [0.05, 0.1) is 0 Å². The second-order valence-electron chi connectivity index (χ2n) is 6.93. The van der Waals surface area contributed by atoms with Gasteiger partial charge in [-0.2, -0.15) is 0 Å². The molecule has 2 aromatic rings. The first-order chi connectivity index (χ1) is 13.0. The normalized spacial score (nSPS) is 15.1. The molecule has 0 aromatic heterocycles. The topological polar surface area (TPSA) is 58.6 Å². The number of carbonyl (C=O) groups is 2. The van der Waals surface area contributed by atoms with Crippen LogP contribution in [-0.2, 0) is 4.79 Å². The monoisotopic (exact) mass is 366 g/mol. The Labute approximate surface area is 160 Å². The van der Waals surface area contributed by atoms with Crippen molar-refractivity contribution < 1.29 is 14.3 Å². The minimum Gasteiger partial charge on any atom is -0.481 e. The number of benzene rings is 2. The van der Waals surface area contributed by atoms with Crippen molar-refractivity contribution in [1.29, 1.82) is 0 Å². The molecule has 0 spiro atoms. The van der Waals surface area contributed by atoms with Crippen molar-refractivity contribution in [2.45, 2.75) is 39.2 Å². The van der Waals surface area contributed by atoms with Gasteiger partial charge in [-0.25, -0.2) is 0 Å². The highest BCUT2D eigenvalue weighted by Gasteiger charge is 2.17. The van der Waals surface area contributed by atoms with E-state index in [2.05, 4.69) is 16.3 Å². The van der Waals surface area contributed by atoms with Crippen molar-refractivity contribution in [3.05, 3.63) is 54.1 Å². The summed E-state index contributed by atoms with van der Waals surface area (Å²) in [5.74, 6) is 0.249. The third-order valence-corrected chi connectivity index (χ3v) is 4.76. The van der Waals surface area contributed by atoms with E-state index in [1.165, 1.54) is 26.2 Å². The highest BCUT2D eigenvalue weighted by molar-refractivity contribution is 5.95. The Morgan fingerprint density at radius 1 is 1.04 bits per heavy atom. The zero-order valence-electron chi connectivity index (χ0n) is 15.9. The van der Waals surface area contributed by atoms with E-state index in [-0.39, 0.29) is 11.7 Å². The van der Waals surface area contributed by atoms with Crippen LogP contribution in [0.2, 0.25) is 0 Å². The predicted octanol–water partition coefficient (Wildman–Crippen LogP) is 4.29. The highest BCUT2D eigenvalue weighted by Crippen LogP contribution is 2.23. The maximum Gasteiger partial charge on any atom is 0.265 e. The van der Waals surface area contributed by atoms with E-state index < -0.39 is 6.10 Å². The zero-order valence-corrected chi connectivity index (χ0v) is 15.9. The quantitative estimate of drug-likeness (QED) is 0.775. The first-order valence-corrected chi connectivity index (χ1v) is 9.46. The molecule has 2 aromatic carbocycles. The van der Waals surface area contributed by atoms with Crippen LogP contribution >= 0.6 is 0 Å². The van der Waals surface area contributed by atoms with Gasteiger partial charge in [0, 0.05) is 30.0 Å². The summed E-state index contributed by atoms with van der Waals surface area (Å²) in [4.78, 5) is 26.3. The van der Waals surface area contributed by atoms with Gasteiger partial charge < -0.3 is 15.0 Å². The van der Waals surface area contributed by atoms with Crippen molar-refractivity contribution in [3.8, 4) is 5.75 Å². The summed E-state index contributed by atoms with van der Waals surface area (Å²) in [7, 11) is 0. The summed E-state index contributed by atoms with van der Waals surface area (Å²) in [6.07, 6.45) is 3.03. The lowest BCUT2D eigenvalue weighted by Gasteiger charge is -2.29. The van der Waals surface area contributed by atoms with Gasteiger partial charge in [-0.3, -0.25) is 9.59 Å². The fourth-order valence-corrected chi connectivity index (χ4v) is 3.22. The van der Waals surface area contributed by atoms with Crippen LogP contribution < -0.4 is 15.0 Å². The summed E-state index contributed by atoms with van der Waals surface area (Å²) in [6, 6.07) is 14.8. The molecule has 1 atom stereocenters. The Hall–Kier alpha value is -2.82. The van der Waals surface area contributed by atoms with E-state index in [0.717, 1.165) is 24.5 Å². The third-order valence-electron chi connectivity index (χ3n) is 4.76. The molecular formula is C22H26N2O3. The molecule has 0 radical (unpaired) electrons. The molecule has 27 heavy (non-hydrogen) atoms. The van der Waals surface area contributed by atoms with Crippen LogP contribution in [-0.4, -0.2) is 30.9 Å². The highest BCUT2D eigenvalue weighted by atomic mass is 16.5. The molecule has 0 aliphatic carbocycles. The van der Waals surface area contributed by atoms with Gasteiger partial charge in [-0.15, -0.1) is 0 Å². The molecular weight excluding hydrogens is 340 g/mol. The van der Waals surface area contributed by atoms with Crippen LogP contribution in [0.3, 0.4) is 0 Å². The lowest BCUT2D eigenvalue weighted by Crippen LogP contribution is -2.31. The van der Waals surface area contributed by atoms with Crippen LogP contribution in [0.1, 0.15) is 43.5 Å². The summed E-state index contributed by atoms with van der Waals surface area (Å²) in [5.41, 5.74) is 2.46. The average Bonchev–Trinajstić information content (AvgIpc) is 2.69. The maximum absolute atomic E-state index is 12.5. The molecule has 3 rings (SSSR count). The van der Waals surface area contributed by atoms with Crippen molar-refractivity contribution in [2.75, 3.05) is 23.3 Å². The number of nitrogens with zero attached hydrogens (tertiary/aromatic N) is 1. The summed E-state index contributed by atoms with van der Waals surface area (Å²) in [6.45, 7) is 5.32. The lowest BCUT2D eigenvalue weighted by molar-refractivity contribution is -0.122. The SMILES string of the molecule is CC(=O)c1cccc(OC(C)C(=O)Nc2cccc(N3CCCCC3)c2)c1. The van der Waals surface area contributed by atoms with Gasteiger partial charge in [0.2, 0.25) is 0 Å². The lowest BCUT2D eigenvalue weighted by atomic mass is 10.1. The van der Waals surface area contributed by atoms with Gasteiger partial charge in [0.15, 0.2) is 11.9 Å². The average molecular weight is 366 g/mol. The Kier molecular flexibility index (Phi) is 6.12. The third kappa shape index (κ3) is 5.09. The number of piperidine rings is 1. The number of nitrogens with one attached hydrogen (secondary N) is 1. The van der Waals surface area contributed by atoms with E-state index in [0.29, 0.717) is 11.3 Å². The molecule has 0 saturated carbocycles. The number of ether oxygens (including phenoxy) is 1. The van der Waals surface area contributed by atoms with E-state index in [4.69, 9.17) is 4.74 Å². The van der Waals surface area contributed by atoms with Gasteiger partial charge in [-0.1, -0.05) is 18.2 Å². The largest absolute Gasteiger partial charge is 0.481 e. The molecule has 1 saturated heterocycles. The maximum atomic E-state index is 12.5. The molecule has 142 valence electrons. The summed E-state index contributed by atoms with van der Waals surface area (Å²) >= 11 is 0. The minimum absolute atomic E-state index is 0.0351. The van der Waals surface area contributed by atoms with Crippen LogP contribution in [0.15, 0.2) is 48.5 Å². The first-order valence-electron chi connectivity index (χ1n) is 9.46. The standard InChI is InChI=1S/C22H26N2O3/c1-16(25)18-8-6-11-21(14-18)27-17(2)22(26)23-19-9-7-10-20(15-19)24-12-4-3-5-13-24/h6-11,14-15,17H,3-5,12-13H2,1-2H3,(H,23,26). The molecule has 1 aliphatic rings. The Morgan fingerprint density at radius 2 is 1.78 bits per heavy atom. The molecule has 1 unspecified atom stereocenters. The van der Waals surface area contributed by atoms with Gasteiger partial charge in [0.25, 0.3) is 5.91 Å². The molecule has 1 aliphatic heterocycles. The van der Waals surface area contributed by atoms with Crippen molar-refractivity contribution in [1.82, 2.24) is 0 Å².